The summed E-state index contributed by atoms with van der Waals surface area (Å²) < 4.78 is 0. The number of amides is 2. The normalized spacial score (nSPS) is 20.2. The Balaban J connectivity index is 2.64. The minimum atomic E-state index is -0.981. The third-order valence-corrected chi connectivity index (χ3v) is 3.25. The number of carbonyl (C=O) groups excluding carboxylic acids is 2. The van der Waals surface area contributed by atoms with Gasteiger partial charge >= 0.3 is 5.97 Å². The molecule has 108 valence electrons. The molecule has 0 saturated carbocycles. The lowest BCUT2D eigenvalue weighted by molar-refractivity contribution is -0.143. The minimum absolute atomic E-state index is 0.0908. The van der Waals surface area contributed by atoms with Gasteiger partial charge in [0.2, 0.25) is 11.8 Å². The summed E-state index contributed by atoms with van der Waals surface area (Å²) >= 11 is 0. The van der Waals surface area contributed by atoms with E-state index in [0.717, 1.165) is 6.42 Å². The van der Waals surface area contributed by atoms with E-state index in [1.54, 1.807) is 14.1 Å². The van der Waals surface area contributed by atoms with Crippen molar-refractivity contribution in [1.29, 1.82) is 0 Å². The maximum absolute atomic E-state index is 12.1. The predicted octanol–water partition coefficient (Wildman–Crippen LogP) is -0.742. The smallest absolute Gasteiger partial charge is 0.303 e. The standard InChI is InChI=1S/C12H21N3O4/c1-14(2)12(19)9-4-3-7-15(9)11(18)8(13)5-6-10(16)17/h8-9H,3-7,13H2,1-2H3,(H,16,17). The Hall–Kier alpha value is -1.63. The van der Waals surface area contributed by atoms with Crippen molar-refractivity contribution in [3.05, 3.63) is 0 Å². The molecule has 0 spiro atoms. The van der Waals surface area contributed by atoms with Crippen LogP contribution >= 0.6 is 0 Å². The van der Waals surface area contributed by atoms with Gasteiger partial charge in [-0.15, -0.1) is 0 Å². The number of carboxylic acids is 1. The minimum Gasteiger partial charge on any atom is -0.481 e. The molecule has 0 aromatic carbocycles. The molecule has 19 heavy (non-hydrogen) atoms. The summed E-state index contributed by atoms with van der Waals surface area (Å²) in [6.07, 6.45) is 1.34. The summed E-state index contributed by atoms with van der Waals surface area (Å²) in [4.78, 5) is 37.5. The zero-order valence-corrected chi connectivity index (χ0v) is 11.3. The summed E-state index contributed by atoms with van der Waals surface area (Å²) in [7, 11) is 3.29. The Morgan fingerprint density at radius 1 is 1.42 bits per heavy atom. The molecule has 1 rings (SSSR count). The van der Waals surface area contributed by atoms with Crippen molar-refractivity contribution in [1.82, 2.24) is 9.80 Å². The van der Waals surface area contributed by atoms with Crippen molar-refractivity contribution in [3.8, 4) is 0 Å². The summed E-state index contributed by atoms with van der Waals surface area (Å²) in [6.45, 7) is 0.504. The number of rotatable bonds is 5. The van der Waals surface area contributed by atoms with Gasteiger partial charge in [0, 0.05) is 27.1 Å². The topological polar surface area (TPSA) is 104 Å². The number of nitrogens with two attached hydrogens (primary N) is 1. The average Bonchev–Trinajstić information content (AvgIpc) is 2.82. The van der Waals surface area contributed by atoms with Crippen molar-refractivity contribution < 1.29 is 19.5 Å². The molecule has 0 aliphatic carbocycles. The van der Waals surface area contributed by atoms with Gasteiger partial charge in [-0.2, -0.15) is 0 Å². The lowest BCUT2D eigenvalue weighted by Crippen LogP contribution is -2.51. The SMILES string of the molecule is CN(C)C(=O)C1CCCN1C(=O)C(N)CCC(=O)O. The fourth-order valence-electron chi connectivity index (χ4n) is 2.20. The second-order valence-corrected chi connectivity index (χ2v) is 4.96. The predicted molar refractivity (Wildman–Crippen MR) is 68.3 cm³/mol. The summed E-state index contributed by atoms with van der Waals surface area (Å²) in [5.74, 6) is -1.43. The highest BCUT2D eigenvalue weighted by molar-refractivity contribution is 5.90. The molecule has 1 aliphatic heterocycles. The molecule has 7 nitrogen and oxygen atoms in total. The molecular weight excluding hydrogens is 250 g/mol. The van der Waals surface area contributed by atoms with Crippen molar-refractivity contribution in [2.24, 2.45) is 5.73 Å². The van der Waals surface area contributed by atoms with E-state index in [1.165, 1.54) is 9.80 Å². The number of hydrogen-bond donors (Lipinski definition) is 2. The zero-order chi connectivity index (χ0) is 14.6. The second kappa shape index (κ2) is 6.51. The third-order valence-electron chi connectivity index (χ3n) is 3.25. The van der Waals surface area contributed by atoms with E-state index in [2.05, 4.69) is 0 Å². The van der Waals surface area contributed by atoms with Gasteiger partial charge in [0.05, 0.1) is 6.04 Å². The summed E-state index contributed by atoms with van der Waals surface area (Å²) in [5, 5.41) is 8.58. The molecular formula is C12H21N3O4. The fraction of sp³-hybridized carbons (Fsp3) is 0.750. The number of carboxylic acid groups (broad SMARTS) is 1. The number of hydrogen-bond acceptors (Lipinski definition) is 4. The van der Waals surface area contributed by atoms with Crippen LogP contribution in [0.15, 0.2) is 0 Å². The van der Waals surface area contributed by atoms with Gasteiger partial charge in [0.25, 0.3) is 0 Å². The van der Waals surface area contributed by atoms with Crippen molar-refractivity contribution >= 4 is 17.8 Å². The van der Waals surface area contributed by atoms with E-state index in [4.69, 9.17) is 10.8 Å². The van der Waals surface area contributed by atoms with E-state index in [1.807, 2.05) is 0 Å². The van der Waals surface area contributed by atoms with Crippen molar-refractivity contribution in [2.45, 2.75) is 37.8 Å². The molecule has 2 amide bonds. The summed E-state index contributed by atoms with van der Waals surface area (Å²) in [6, 6.07) is -1.31. The van der Waals surface area contributed by atoms with Gasteiger partial charge in [-0.3, -0.25) is 14.4 Å². The number of likely N-dealkylation sites (N-methyl/N-ethyl adjacent to an activating group) is 1. The Morgan fingerprint density at radius 2 is 2.05 bits per heavy atom. The van der Waals surface area contributed by atoms with Gasteiger partial charge in [0.1, 0.15) is 6.04 Å². The average molecular weight is 271 g/mol. The van der Waals surface area contributed by atoms with Crippen molar-refractivity contribution in [3.63, 3.8) is 0 Å². The van der Waals surface area contributed by atoms with E-state index < -0.39 is 18.1 Å². The van der Waals surface area contributed by atoms with Crippen LogP contribution in [0.5, 0.6) is 0 Å². The first-order valence-electron chi connectivity index (χ1n) is 6.33. The largest absolute Gasteiger partial charge is 0.481 e. The number of carbonyl (C=O) groups is 3. The molecule has 0 aromatic heterocycles. The van der Waals surface area contributed by atoms with Gasteiger partial charge in [-0.1, -0.05) is 0 Å². The van der Waals surface area contributed by atoms with Crippen LogP contribution in [0.4, 0.5) is 0 Å². The Morgan fingerprint density at radius 3 is 2.58 bits per heavy atom. The van der Waals surface area contributed by atoms with Crippen LogP contribution in [0.1, 0.15) is 25.7 Å². The molecule has 3 N–H and O–H groups in total. The molecule has 0 radical (unpaired) electrons. The number of aliphatic carboxylic acids is 1. The third kappa shape index (κ3) is 3.92. The van der Waals surface area contributed by atoms with Gasteiger partial charge < -0.3 is 20.6 Å². The molecule has 1 aliphatic rings. The lowest BCUT2D eigenvalue weighted by Gasteiger charge is -2.28. The zero-order valence-electron chi connectivity index (χ0n) is 11.3. The van der Waals surface area contributed by atoms with Crippen LogP contribution < -0.4 is 5.73 Å². The Kier molecular flexibility index (Phi) is 5.29. The Labute approximate surface area is 112 Å². The van der Waals surface area contributed by atoms with Crippen molar-refractivity contribution in [2.75, 3.05) is 20.6 Å². The lowest BCUT2D eigenvalue weighted by atomic mass is 10.1. The van der Waals surface area contributed by atoms with Crippen LogP contribution in [-0.2, 0) is 14.4 Å². The van der Waals surface area contributed by atoms with E-state index in [9.17, 15) is 14.4 Å². The first-order chi connectivity index (χ1) is 8.84. The molecule has 2 atom stereocenters. The first kappa shape index (κ1) is 15.4. The molecule has 2 unspecified atom stereocenters. The maximum atomic E-state index is 12.1. The van der Waals surface area contributed by atoms with Gasteiger partial charge in [0.15, 0.2) is 0 Å². The molecule has 1 fully saturated rings. The van der Waals surface area contributed by atoms with Crippen LogP contribution in [0.3, 0.4) is 0 Å². The highest BCUT2D eigenvalue weighted by Gasteiger charge is 2.36. The van der Waals surface area contributed by atoms with Crippen LogP contribution in [0.2, 0.25) is 0 Å². The number of likely N-dealkylation sites (tertiary alicyclic amines) is 1. The van der Waals surface area contributed by atoms with Crippen LogP contribution in [0.25, 0.3) is 0 Å². The fourth-order valence-corrected chi connectivity index (χ4v) is 2.20. The van der Waals surface area contributed by atoms with Gasteiger partial charge in [-0.05, 0) is 19.3 Å². The quantitative estimate of drug-likeness (QED) is 0.685. The van der Waals surface area contributed by atoms with Crippen LogP contribution in [0, 0.1) is 0 Å². The van der Waals surface area contributed by atoms with Crippen LogP contribution in [-0.4, -0.2) is 65.4 Å². The maximum Gasteiger partial charge on any atom is 0.303 e. The number of nitrogens with zero attached hydrogens (tertiary/aromatic N) is 2. The van der Waals surface area contributed by atoms with E-state index in [-0.39, 0.29) is 24.7 Å². The van der Waals surface area contributed by atoms with Gasteiger partial charge in [-0.25, -0.2) is 0 Å². The molecule has 1 heterocycles. The highest BCUT2D eigenvalue weighted by atomic mass is 16.4. The first-order valence-corrected chi connectivity index (χ1v) is 6.33. The molecule has 7 heteroatoms. The molecule has 0 aromatic rings. The van der Waals surface area contributed by atoms with E-state index >= 15 is 0 Å². The monoisotopic (exact) mass is 271 g/mol. The molecule has 1 saturated heterocycles. The van der Waals surface area contributed by atoms with E-state index in [0.29, 0.717) is 13.0 Å². The summed E-state index contributed by atoms with van der Waals surface area (Å²) in [5.41, 5.74) is 5.70. The second-order valence-electron chi connectivity index (χ2n) is 4.96. The molecule has 0 bridgehead atoms. The highest BCUT2D eigenvalue weighted by Crippen LogP contribution is 2.20. The Bertz CT molecular complexity index is 370.